The average molecular weight is 283 g/mol. The van der Waals surface area contributed by atoms with Gasteiger partial charge < -0.3 is 10.2 Å². The van der Waals surface area contributed by atoms with Crippen LogP contribution >= 0.6 is 15.9 Å². The zero-order valence-electron chi connectivity index (χ0n) is 9.80. The molecule has 0 spiro atoms. The summed E-state index contributed by atoms with van der Waals surface area (Å²) in [5, 5.41) is 3.46. The molecule has 0 aromatic heterocycles. The van der Waals surface area contributed by atoms with E-state index in [0.717, 1.165) is 13.1 Å². The summed E-state index contributed by atoms with van der Waals surface area (Å²) in [6.45, 7) is 6.71. The molecule has 16 heavy (non-hydrogen) atoms. The highest BCUT2D eigenvalue weighted by Crippen LogP contribution is 2.23. The number of anilines is 1. The molecule has 0 aliphatic carbocycles. The summed E-state index contributed by atoms with van der Waals surface area (Å²) in [6.07, 6.45) is 2.56. The van der Waals surface area contributed by atoms with Gasteiger partial charge in [0.15, 0.2) is 0 Å². The predicted octanol–water partition coefficient (Wildman–Crippen LogP) is 2.95. The molecule has 0 amide bonds. The maximum atomic E-state index is 3.55. The lowest BCUT2D eigenvalue weighted by Crippen LogP contribution is -2.36. The van der Waals surface area contributed by atoms with E-state index in [9.17, 15) is 0 Å². The molecule has 3 heteroatoms. The summed E-state index contributed by atoms with van der Waals surface area (Å²) < 4.78 is 1.20. The smallest absolute Gasteiger partial charge is 0.0370 e. The molecule has 1 aliphatic rings. The van der Waals surface area contributed by atoms with Crippen molar-refractivity contribution in [3.05, 3.63) is 28.2 Å². The van der Waals surface area contributed by atoms with Crippen molar-refractivity contribution in [1.29, 1.82) is 0 Å². The van der Waals surface area contributed by atoms with Crippen LogP contribution in [0.15, 0.2) is 22.7 Å². The molecule has 88 valence electrons. The van der Waals surface area contributed by atoms with Crippen molar-refractivity contribution in [3.8, 4) is 0 Å². The van der Waals surface area contributed by atoms with Gasteiger partial charge in [-0.1, -0.05) is 15.9 Å². The van der Waals surface area contributed by atoms with Crippen molar-refractivity contribution in [1.82, 2.24) is 5.32 Å². The van der Waals surface area contributed by atoms with Crippen LogP contribution in [0.25, 0.3) is 0 Å². The molecule has 1 aromatic carbocycles. The van der Waals surface area contributed by atoms with E-state index < -0.39 is 0 Å². The van der Waals surface area contributed by atoms with Gasteiger partial charge in [0.25, 0.3) is 0 Å². The fraction of sp³-hybridized carbons (Fsp3) is 0.538. The number of nitrogens with one attached hydrogen (secondary N) is 1. The van der Waals surface area contributed by atoms with E-state index in [4.69, 9.17) is 0 Å². The van der Waals surface area contributed by atoms with E-state index in [1.165, 1.54) is 41.7 Å². The maximum Gasteiger partial charge on any atom is 0.0370 e. The van der Waals surface area contributed by atoms with Crippen LogP contribution < -0.4 is 10.2 Å². The number of aryl methyl sites for hydroxylation is 1. The number of benzene rings is 1. The fourth-order valence-electron chi connectivity index (χ4n) is 2.09. The minimum absolute atomic E-state index is 1.09. The van der Waals surface area contributed by atoms with Crippen molar-refractivity contribution in [3.63, 3.8) is 0 Å². The van der Waals surface area contributed by atoms with Crippen LogP contribution in [-0.4, -0.2) is 26.2 Å². The summed E-state index contributed by atoms with van der Waals surface area (Å²) in [5.74, 6) is 0. The van der Waals surface area contributed by atoms with Gasteiger partial charge in [0.2, 0.25) is 0 Å². The molecule has 1 aliphatic heterocycles. The van der Waals surface area contributed by atoms with E-state index in [1.807, 2.05) is 0 Å². The number of hydrogen-bond acceptors (Lipinski definition) is 2. The quantitative estimate of drug-likeness (QED) is 0.852. The van der Waals surface area contributed by atoms with Gasteiger partial charge in [0, 0.05) is 29.8 Å². The monoisotopic (exact) mass is 282 g/mol. The lowest BCUT2D eigenvalue weighted by atomic mass is 10.2. The largest absolute Gasteiger partial charge is 0.370 e. The second-order valence-corrected chi connectivity index (χ2v) is 5.23. The van der Waals surface area contributed by atoms with E-state index in [-0.39, 0.29) is 0 Å². The third-order valence-corrected chi connectivity index (χ3v) is 3.99. The summed E-state index contributed by atoms with van der Waals surface area (Å²) >= 11 is 3.55. The number of halogens is 1. The standard InChI is InChI=1S/C13H19BrN2/c1-11-10-12(4-5-13(11)14)16-8-3-2-6-15-7-9-16/h4-5,10,15H,2-3,6-9H2,1H3. The Bertz CT molecular complexity index is 344. The molecule has 0 atom stereocenters. The number of hydrogen-bond donors (Lipinski definition) is 1. The van der Waals surface area contributed by atoms with Gasteiger partial charge >= 0.3 is 0 Å². The van der Waals surface area contributed by atoms with Crippen LogP contribution in [0.5, 0.6) is 0 Å². The zero-order valence-corrected chi connectivity index (χ0v) is 11.4. The van der Waals surface area contributed by atoms with Crippen LogP contribution in [0.3, 0.4) is 0 Å². The van der Waals surface area contributed by atoms with Gasteiger partial charge in [-0.15, -0.1) is 0 Å². The molecule has 0 unspecified atom stereocenters. The zero-order chi connectivity index (χ0) is 11.4. The molecule has 1 saturated heterocycles. The van der Waals surface area contributed by atoms with Crippen molar-refractivity contribution < 1.29 is 0 Å². The highest BCUT2D eigenvalue weighted by atomic mass is 79.9. The van der Waals surface area contributed by atoms with Crippen LogP contribution in [0.4, 0.5) is 5.69 Å². The van der Waals surface area contributed by atoms with Crippen molar-refractivity contribution in [2.75, 3.05) is 31.1 Å². The first kappa shape index (κ1) is 11.9. The second kappa shape index (κ2) is 5.69. The van der Waals surface area contributed by atoms with Gasteiger partial charge in [-0.2, -0.15) is 0 Å². The summed E-state index contributed by atoms with van der Waals surface area (Å²) in [4.78, 5) is 2.48. The van der Waals surface area contributed by atoms with Gasteiger partial charge in [-0.3, -0.25) is 0 Å². The topological polar surface area (TPSA) is 15.3 Å². The normalized spacial score (nSPS) is 18.0. The first-order chi connectivity index (χ1) is 7.77. The molecule has 0 radical (unpaired) electrons. The highest BCUT2D eigenvalue weighted by molar-refractivity contribution is 9.10. The molecule has 0 bridgehead atoms. The van der Waals surface area contributed by atoms with Crippen molar-refractivity contribution in [2.45, 2.75) is 19.8 Å². The van der Waals surface area contributed by atoms with Crippen molar-refractivity contribution >= 4 is 21.6 Å². The minimum atomic E-state index is 1.09. The summed E-state index contributed by atoms with van der Waals surface area (Å²) in [5.41, 5.74) is 2.66. The molecule has 1 aromatic rings. The molecule has 0 saturated carbocycles. The van der Waals surface area contributed by atoms with E-state index in [2.05, 4.69) is 51.3 Å². The van der Waals surface area contributed by atoms with Crippen LogP contribution in [0, 0.1) is 6.92 Å². The molecule has 2 nitrogen and oxygen atoms in total. The Morgan fingerprint density at radius 1 is 1.19 bits per heavy atom. The molecular formula is C13H19BrN2. The molecular weight excluding hydrogens is 264 g/mol. The van der Waals surface area contributed by atoms with Gasteiger partial charge in [-0.05, 0) is 50.1 Å². The Hall–Kier alpha value is -0.540. The molecule has 1 fully saturated rings. The maximum absolute atomic E-state index is 3.55. The van der Waals surface area contributed by atoms with Crippen LogP contribution in [-0.2, 0) is 0 Å². The molecule has 1 heterocycles. The predicted molar refractivity (Wildman–Crippen MR) is 73.2 cm³/mol. The fourth-order valence-corrected chi connectivity index (χ4v) is 2.33. The highest BCUT2D eigenvalue weighted by Gasteiger charge is 2.09. The summed E-state index contributed by atoms with van der Waals surface area (Å²) in [7, 11) is 0. The lowest BCUT2D eigenvalue weighted by molar-refractivity contribution is 0.567. The lowest BCUT2D eigenvalue weighted by Gasteiger charge is -2.27. The third-order valence-electron chi connectivity index (χ3n) is 3.10. The average Bonchev–Trinajstić information content (AvgIpc) is 2.22. The van der Waals surface area contributed by atoms with Crippen LogP contribution in [0.1, 0.15) is 18.4 Å². The van der Waals surface area contributed by atoms with Gasteiger partial charge in [0.05, 0.1) is 0 Å². The molecule has 1 N–H and O–H groups in total. The Balaban J connectivity index is 2.11. The SMILES string of the molecule is Cc1cc(N2CCCCNCC2)ccc1Br. The Labute approximate surface area is 106 Å². The first-order valence-electron chi connectivity index (χ1n) is 5.99. The Morgan fingerprint density at radius 3 is 2.88 bits per heavy atom. The minimum Gasteiger partial charge on any atom is -0.370 e. The Morgan fingerprint density at radius 2 is 2.06 bits per heavy atom. The second-order valence-electron chi connectivity index (χ2n) is 4.38. The van der Waals surface area contributed by atoms with Gasteiger partial charge in [0.1, 0.15) is 0 Å². The number of nitrogens with zero attached hydrogens (tertiary/aromatic N) is 1. The van der Waals surface area contributed by atoms with E-state index >= 15 is 0 Å². The van der Waals surface area contributed by atoms with Gasteiger partial charge in [-0.25, -0.2) is 0 Å². The van der Waals surface area contributed by atoms with Crippen molar-refractivity contribution in [2.24, 2.45) is 0 Å². The number of rotatable bonds is 1. The van der Waals surface area contributed by atoms with E-state index in [0.29, 0.717) is 0 Å². The van der Waals surface area contributed by atoms with Crippen LogP contribution in [0.2, 0.25) is 0 Å². The third kappa shape index (κ3) is 2.98. The summed E-state index contributed by atoms with van der Waals surface area (Å²) in [6, 6.07) is 6.63. The first-order valence-corrected chi connectivity index (χ1v) is 6.78. The Kier molecular flexibility index (Phi) is 4.24. The molecule has 2 rings (SSSR count). The van der Waals surface area contributed by atoms with E-state index in [1.54, 1.807) is 0 Å².